The minimum Gasteiger partial charge on any atom is -0.370 e. The Bertz CT molecular complexity index is 721. The first kappa shape index (κ1) is 20.2. The van der Waals surface area contributed by atoms with Crippen LogP contribution < -0.4 is 11.1 Å². The summed E-state index contributed by atoms with van der Waals surface area (Å²) >= 11 is 1.27. The number of carbonyl (C=O) groups is 2. The van der Waals surface area contributed by atoms with Gasteiger partial charge >= 0.3 is 0 Å². The van der Waals surface area contributed by atoms with Crippen LogP contribution in [-0.2, 0) is 16.1 Å². The molecule has 0 saturated heterocycles. The van der Waals surface area contributed by atoms with Crippen LogP contribution in [0.15, 0.2) is 5.16 Å². The van der Waals surface area contributed by atoms with Crippen LogP contribution in [0, 0.1) is 17.2 Å². The third kappa shape index (κ3) is 4.75. The number of nitrogens with two attached hydrogens (primary N) is 1. The first-order valence-electron chi connectivity index (χ1n) is 8.79. The fraction of sp³-hybridized carbons (Fsp3) is 0.706. The van der Waals surface area contributed by atoms with Crippen LogP contribution in [0.1, 0.15) is 58.7 Å². The van der Waals surface area contributed by atoms with E-state index in [-0.39, 0.29) is 24.2 Å². The fourth-order valence-electron chi connectivity index (χ4n) is 2.33. The highest BCUT2D eigenvalue weighted by Gasteiger charge is 2.34. The van der Waals surface area contributed by atoms with Crippen molar-refractivity contribution < 1.29 is 9.59 Å². The molecule has 8 nitrogen and oxygen atoms in total. The molecule has 1 aliphatic rings. The van der Waals surface area contributed by atoms with Gasteiger partial charge in [-0.05, 0) is 32.6 Å². The van der Waals surface area contributed by atoms with Gasteiger partial charge in [-0.25, -0.2) is 0 Å². The van der Waals surface area contributed by atoms with E-state index in [1.807, 2.05) is 18.4 Å². The maximum Gasteiger partial charge on any atom is 0.234 e. The Morgan fingerprint density at radius 1 is 1.42 bits per heavy atom. The van der Waals surface area contributed by atoms with Crippen molar-refractivity contribution in [3.8, 4) is 6.07 Å². The lowest BCUT2D eigenvalue weighted by Gasteiger charge is -2.28. The number of thioether (sulfide) groups is 1. The van der Waals surface area contributed by atoms with Gasteiger partial charge in [-0.3, -0.25) is 9.59 Å². The summed E-state index contributed by atoms with van der Waals surface area (Å²) in [5.74, 6) is 0.588. The molecule has 1 fully saturated rings. The van der Waals surface area contributed by atoms with Gasteiger partial charge in [0.15, 0.2) is 5.16 Å². The van der Waals surface area contributed by atoms with Crippen LogP contribution in [0.2, 0.25) is 0 Å². The lowest BCUT2D eigenvalue weighted by Crippen LogP contribution is -2.51. The van der Waals surface area contributed by atoms with E-state index in [1.54, 1.807) is 13.8 Å². The summed E-state index contributed by atoms with van der Waals surface area (Å²) in [5.41, 5.74) is 4.34. The zero-order valence-electron chi connectivity index (χ0n) is 15.7. The second-order valence-electron chi connectivity index (χ2n) is 7.20. The molecule has 1 heterocycles. The molecule has 9 heteroatoms. The molecule has 0 aliphatic heterocycles. The molecule has 142 valence electrons. The highest BCUT2D eigenvalue weighted by molar-refractivity contribution is 8.00. The molecule has 3 N–H and O–H groups in total. The molecule has 1 aromatic heterocycles. The summed E-state index contributed by atoms with van der Waals surface area (Å²) in [6, 6.07) is 2.17. The maximum atomic E-state index is 12.5. The molecule has 2 atom stereocenters. The normalized spacial score (nSPS) is 17.4. The molecule has 2 rings (SSSR count). The number of nitrogens with zero attached hydrogens (tertiary/aromatic N) is 4. The van der Waals surface area contributed by atoms with Gasteiger partial charge in [0.25, 0.3) is 0 Å². The molecule has 1 aromatic rings. The standard InChI is InChI=1S/C17H26N6O2S/c1-10(2)17(4,9-18)20-15(25)11(3)26-16-22-21-14(12-5-6-12)23(16)8-7-13(19)24/h10-12H,5-8H2,1-4H3,(H2,19,24)(H,20,25). The molecular weight excluding hydrogens is 352 g/mol. The van der Waals surface area contributed by atoms with E-state index in [0.29, 0.717) is 17.6 Å². The number of nitrogens with one attached hydrogen (secondary N) is 1. The fourth-order valence-corrected chi connectivity index (χ4v) is 3.22. The number of hydrogen-bond donors (Lipinski definition) is 2. The Morgan fingerprint density at radius 3 is 2.58 bits per heavy atom. The molecular formula is C17H26N6O2S. The van der Waals surface area contributed by atoms with E-state index in [1.165, 1.54) is 11.8 Å². The smallest absolute Gasteiger partial charge is 0.234 e. The lowest BCUT2D eigenvalue weighted by molar-refractivity contribution is -0.122. The van der Waals surface area contributed by atoms with Crippen LogP contribution >= 0.6 is 11.8 Å². The van der Waals surface area contributed by atoms with Crippen molar-refractivity contribution in [1.82, 2.24) is 20.1 Å². The summed E-state index contributed by atoms with van der Waals surface area (Å²) < 4.78 is 1.89. The molecule has 0 bridgehead atoms. The first-order chi connectivity index (χ1) is 12.2. The average molecular weight is 379 g/mol. The van der Waals surface area contributed by atoms with E-state index in [4.69, 9.17) is 5.73 Å². The van der Waals surface area contributed by atoms with Crippen LogP contribution in [0.5, 0.6) is 0 Å². The second-order valence-corrected chi connectivity index (χ2v) is 8.51. The SMILES string of the molecule is CC(Sc1nnc(C2CC2)n1CCC(N)=O)C(=O)NC(C)(C#N)C(C)C. The number of rotatable bonds is 9. The topological polar surface area (TPSA) is 127 Å². The van der Waals surface area contributed by atoms with Crippen molar-refractivity contribution in [1.29, 1.82) is 5.26 Å². The predicted octanol–water partition coefficient (Wildman–Crippen LogP) is 1.57. The van der Waals surface area contributed by atoms with Gasteiger partial charge in [-0.15, -0.1) is 10.2 Å². The first-order valence-corrected chi connectivity index (χ1v) is 9.67. The van der Waals surface area contributed by atoms with Crippen LogP contribution in [0.3, 0.4) is 0 Å². The van der Waals surface area contributed by atoms with Crippen LogP contribution in [0.4, 0.5) is 0 Å². The summed E-state index contributed by atoms with van der Waals surface area (Å²) in [7, 11) is 0. The number of aromatic nitrogens is 3. The predicted molar refractivity (Wildman–Crippen MR) is 98.1 cm³/mol. The van der Waals surface area contributed by atoms with Gasteiger partial charge < -0.3 is 15.6 Å². The maximum absolute atomic E-state index is 12.5. The molecule has 1 saturated carbocycles. The summed E-state index contributed by atoms with van der Waals surface area (Å²) in [6.45, 7) is 7.68. The Hall–Kier alpha value is -2.08. The van der Waals surface area contributed by atoms with Crippen molar-refractivity contribution in [2.24, 2.45) is 11.7 Å². The summed E-state index contributed by atoms with van der Waals surface area (Å²) in [6.07, 6.45) is 2.32. The third-order valence-electron chi connectivity index (χ3n) is 4.69. The summed E-state index contributed by atoms with van der Waals surface area (Å²) in [4.78, 5) is 23.7. The highest BCUT2D eigenvalue weighted by Crippen LogP contribution is 2.40. The Morgan fingerprint density at radius 2 is 2.08 bits per heavy atom. The number of primary amides is 1. The molecule has 26 heavy (non-hydrogen) atoms. The third-order valence-corrected chi connectivity index (χ3v) is 5.77. The molecule has 0 spiro atoms. The number of nitriles is 1. The van der Waals surface area contributed by atoms with Gasteiger partial charge in [0.05, 0.1) is 11.3 Å². The van der Waals surface area contributed by atoms with Crippen LogP contribution in [-0.4, -0.2) is 37.4 Å². The average Bonchev–Trinajstić information content (AvgIpc) is 3.34. The van der Waals surface area contributed by atoms with Crippen LogP contribution in [0.25, 0.3) is 0 Å². The van der Waals surface area contributed by atoms with Crippen molar-refractivity contribution in [2.45, 2.75) is 75.4 Å². The molecule has 2 amide bonds. The monoisotopic (exact) mass is 378 g/mol. The Kier molecular flexibility index (Phi) is 6.29. The molecule has 2 unspecified atom stereocenters. The van der Waals surface area contributed by atoms with Gasteiger partial charge in [0, 0.05) is 18.9 Å². The number of carbonyl (C=O) groups excluding carboxylic acids is 2. The quantitative estimate of drug-likeness (QED) is 0.628. The van der Waals surface area contributed by atoms with E-state index < -0.39 is 10.8 Å². The van der Waals surface area contributed by atoms with Gasteiger partial charge in [-0.2, -0.15) is 5.26 Å². The molecule has 1 aliphatic carbocycles. The van der Waals surface area contributed by atoms with E-state index in [9.17, 15) is 14.9 Å². The number of amides is 2. The zero-order valence-corrected chi connectivity index (χ0v) is 16.5. The molecule has 0 radical (unpaired) electrons. The number of hydrogen-bond acceptors (Lipinski definition) is 6. The Balaban J connectivity index is 2.10. The minimum atomic E-state index is -0.926. The van der Waals surface area contributed by atoms with Gasteiger partial charge in [0.2, 0.25) is 11.8 Å². The Labute approximate surface area is 157 Å². The largest absolute Gasteiger partial charge is 0.370 e. The second kappa shape index (κ2) is 8.08. The van der Waals surface area contributed by atoms with E-state index in [0.717, 1.165) is 18.7 Å². The van der Waals surface area contributed by atoms with Crippen molar-refractivity contribution >= 4 is 23.6 Å². The minimum absolute atomic E-state index is 0.0191. The lowest BCUT2D eigenvalue weighted by atomic mass is 9.90. The highest BCUT2D eigenvalue weighted by atomic mass is 32.2. The van der Waals surface area contributed by atoms with Crippen molar-refractivity contribution in [3.63, 3.8) is 0 Å². The zero-order chi connectivity index (χ0) is 19.5. The molecule has 0 aromatic carbocycles. The van der Waals surface area contributed by atoms with Gasteiger partial charge in [-0.1, -0.05) is 25.6 Å². The van der Waals surface area contributed by atoms with Gasteiger partial charge in [0.1, 0.15) is 11.4 Å². The van der Waals surface area contributed by atoms with E-state index in [2.05, 4.69) is 21.6 Å². The van der Waals surface area contributed by atoms with E-state index >= 15 is 0 Å². The summed E-state index contributed by atoms with van der Waals surface area (Å²) in [5, 5.41) is 20.8. The van der Waals surface area contributed by atoms with Crippen molar-refractivity contribution in [3.05, 3.63) is 5.82 Å². The van der Waals surface area contributed by atoms with Crippen molar-refractivity contribution in [2.75, 3.05) is 0 Å².